The van der Waals surface area contributed by atoms with Gasteiger partial charge in [-0.15, -0.1) is 0 Å². The predicted octanol–water partition coefficient (Wildman–Crippen LogP) is 3.33. The molecule has 0 saturated heterocycles. The molecular formula is C18H13Cl2N3O4. The number of hydrogen-bond acceptors (Lipinski definition) is 5. The van der Waals surface area contributed by atoms with Gasteiger partial charge in [0.2, 0.25) is 0 Å². The molecule has 2 aromatic carbocycles. The highest BCUT2D eigenvalue weighted by atomic mass is 35.5. The molecule has 7 nitrogen and oxygen atoms in total. The van der Waals surface area contributed by atoms with Gasteiger partial charge in [0, 0.05) is 5.39 Å². The van der Waals surface area contributed by atoms with Crippen LogP contribution in [0.1, 0.15) is 16.1 Å². The van der Waals surface area contributed by atoms with E-state index < -0.39 is 24.0 Å². The normalized spacial score (nSPS) is 10.6. The van der Waals surface area contributed by atoms with Crippen molar-refractivity contribution in [3.8, 4) is 0 Å². The van der Waals surface area contributed by atoms with E-state index in [9.17, 15) is 14.4 Å². The van der Waals surface area contributed by atoms with Crippen LogP contribution in [0.3, 0.4) is 0 Å². The predicted molar refractivity (Wildman–Crippen MR) is 102 cm³/mol. The summed E-state index contributed by atoms with van der Waals surface area (Å²) in [6.45, 7) is 1.19. The number of anilines is 1. The van der Waals surface area contributed by atoms with Gasteiger partial charge in [0.05, 0.1) is 21.1 Å². The summed E-state index contributed by atoms with van der Waals surface area (Å²) in [6, 6.07) is 9.76. The number of aromatic amines is 1. The summed E-state index contributed by atoms with van der Waals surface area (Å²) in [7, 11) is 0. The van der Waals surface area contributed by atoms with Crippen molar-refractivity contribution in [2.24, 2.45) is 0 Å². The second-order valence-electron chi connectivity index (χ2n) is 5.62. The van der Waals surface area contributed by atoms with Crippen molar-refractivity contribution in [1.82, 2.24) is 10.2 Å². The maximum Gasteiger partial charge on any atom is 0.359 e. The maximum absolute atomic E-state index is 12.3. The van der Waals surface area contributed by atoms with Gasteiger partial charge in [-0.25, -0.2) is 9.89 Å². The summed E-state index contributed by atoms with van der Waals surface area (Å²) in [5, 5.41) is 9.65. The van der Waals surface area contributed by atoms with Crippen LogP contribution in [0.25, 0.3) is 10.8 Å². The lowest BCUT2D eigenvalue weighted by Gasteiger charge is -2.11. The smallest absolute Gasteiger partial charge is 0.359 e. The van der Waals surface area contributed by atoms with Gasteiger partial charge in [-0.1, -0.05) is 47.5 Å². The van der Waals surface area contributed by atoms with E-state index in [0.717, 1.165) is 5.56 Å². The number of carbonyl (C=O) groups is 2. The number of rotatable bonds is 4. The number of aryl methyl sites for hydroxylation is 1. The number of nitrogens with one attached hydrogen (secondary N) is 2. The zero-order chi connectivity index (χ0) is 19.6. The fraction of sp³-hybridized carbons (Fsp3) is 0.111. The topological polar surface area (TPSA) is 101 Å². The summed E-state index contributed by atoms with van der Waals surface area (Å²) >= 11 is 12.2. The molecule has 0 saturated carbocycles. The highest BCUT2D eigenvalue weighted by Gasteiger charge is 2.18. The van der Waals surface area contributed by atoms with Crippen LogP contribution in [-0.4, -0.2) is 28.7 Å². The zero-order valence-electron chi connectivity index (χ0n) is 14.0. The van der Waals surface area contributed by atoms with Crippen LogP contribution in [0.2, 0.25) is 10.0 Å². The molecule has 0 aliphatic carbocycles. The molecule has 0 aliphatic rings. The number of hydrogen-bond donors (Lipinski definition) is 2. The zero-order valence-corrected chi connectivity index (χ0v) is 15.5. The second-order valence-corrected chi connectivity index (χ2v) is 6.41. The van der Waals surface area contributed by atoms with E-state index >= 15 is 0 Å². The molecule has 1 heterocycles. The van der Waals surface area contributed by atoms with Crippen molar-refractivity contribution in [3.63, 3.8) is 0 Å². The molecule has 138 valence electrons. The monoisotopic (exact) mass is 405 g/mol. The van der Waals surface area contributed by atoms with Gasteiger partial charge in [0.15, 0.2) is 12.3 Å². The van der Waals surface area contributed by atoms with Gasteiger partial charge in [-0.3, -0.25) is 9.59 Å². The largest absolute Gasteiger partial charge is 0.451 e. The van der Waals surface area contributed by atoms with Crippen molar-refractivity contribution in [1.29, 1.82) is 0 Å². The number of benzene rings is 2. The summed E-state index contributed by atoms with van der Waals surface area (Å²) in [5.74, 6) is -1.47. The molecule has 0 atom stereocenters. The van der Waals surface area contributed by atoms with Crippen molar-refractivity contribution < 1.29 is 14.3 Å². The molecule has 27 heavy (non-hydrogen) atoms. The van der Waals surface area contributed by atoms with Gasteiger partial charge in [-0.05, 0) is 24.6 Å². The standard InChI is InChI=1S/C18H13Cl2N3O4/c1-9-6-7-12(19)16(14(9)20)21-13(24)8-27-18(26)15-10-4-2-3-5-11(10)17(25)23-22-15/h2-7H,8H2,1H3,(H,21,24)(H,23,25). The van der Waals surface area contributed by atoms with Gasteiger partial charge < -0.3 is 10.1 Å². The Morgan fingerprint density at radius 1 is 1.15 bits per heavy atom. The number of fused-ring (bicyclic) bond motifs is 1. The third-order valence-corrected chi connectivity index (χ3v) is 4.57. The molecule has 2 N–H and O–H groups in total. The van der Waals surface area contributed by atoms with Gasteiger partial charge in [0.1, 0.15) is 0 Å². The molecule has 0 aliphatic heterocycles. The SMILES string of the molecule is Cc1ccc(Cl)c(NC(=O)COC(=O)c2n[nH]c(=O)c3ccccc23)c1Cl. The van der Waals surface area contributed by atoms with E-state index in [-0.39, 0.29) is 16.4 Å². The molecule has 0 bridgehead atoms. The minimum absolute atomic E-state index is 0.0929. The first-order valence-electron chi connectivity index (χ1n) is 7.77. The maximum atomic E-state index is 12.3. The Morgan fingerprint density at radius 3 is 2.59 bits per heavy atom. The molecule has 3 aromatic rings. The number of amides is 1. The third-order valence-electron chi connectivity index (χ3n) is 3.77. The van der Waals surface area contributed by atoms with E-state index in [0.29, 0.717) is 15.8 Å². The molecule has 0 spiro atoms. The number of H-pyrrole nitrogens is 1. The van der Waals surface area contributed by atoms with Gasteiger partial charge in [-0.2, -0.15) is 5.10 Å². The summed E-state index contributed by atoms with van der Waals surface area (Å²) in [6.07, 6.45) is 0. The number of aromatic nitrogens is 2. The van der Waals surface area contributed by atoms with Crippen LogP contribution in [0.4, 0.5) is 5.69 Å². The van der Waals surface area contributed by atoms with Gasteiger partial charge >= 0.3 is 5.97 Å². The number of ether oxygens (including phenoxy) is 1. The molecule has 1 aromatic heterocycles. The number of carbonyl (C=O) groups excluding carboxylic acids is 2. The summed E-state index contributed by atoms with van der Waals surface area (Å²) in [5.41, 5.74) is 0.456. The summed E-state index contributed by atoms with van der Waals surface area (Å²) in [4.78, 5) is 36.1. The minimum atomic E-state index is -0.848. The van der Waals surface area contributed by atoms with Crippen LogP contribution in [-0.2, 0) is 9.53 Å². The van der Waals surface area contributed by atoms with E-state index in [2.05, 4.69) is 15.5 Å². The van der Waals surface area contributed by atoms with Crippen molar-refractivity contribution in [2.75, 3.05) is 11.9 Å². The lowest BCUT2D eigenvalue weighted by molar-refractivity contribution is -0.119. The Hall–Kier alpha value is -2.90. The average Bonchev–Trinajstić information content (AvgIpc) is 2.67. The van der Waals surface area contributed by atoms with E-state index in [1.165, 1.54) is 0 Å². The molecule has 0 radical (unpaired) electrons. The highest BCUT2D eigenvalue weighted by molar-refractivity contribution is 6.40. The van der Waals surface area contributed by atoms with Crippen LogP contribution in [0, 0.1) is 6.92 Å². The quantitative estimate of drug-likeness (QED) is 0.648. The number of nitrogens with zero attached hydrogens (tertiary/aromatic N) is 1. The molecular weight excluding hydrogens is 393 g/mol. The van der Waals surface area contributed by atoms with Crippen molar-refractivity contribution in [3.05, 3.63) is 68.1 Å². The Labute approximate surface area is 163 Å². The third kappa shape index (κ3) is 3.94. The molecule has 9 heteroatoms. The number of esters is 1. The molecule has 3 rings (SSSR count). The first kappa shape index (κ1) is 18.9. The first-order chi connectivity index (χ1) is 12.9. The first-order valence-corrected chi connectivity index (χ1v) is 8.53. The number of halogens is 2. The van der Waals surface area contributed by atoms with E-state index in [1.807, 2.05) is 0 Å². The van der Waals surface area contributed by atoms with Crippen LogP contribution >= 0.6 is 23.2 Å². The fourth-order valence-corrected chi connectivity index (χ4v) is 2.88. The second kappa shape index (κ2) is 7.77. The Balaban J connectivity index is 1.74. The fourth-order valence-electron chi connectivity index (χ4n) is 2.42. The molecule has 0 fully saturated rings. The van der Waals surface area contributed by atoms with E-state index in [4.69, 9.17) is 27.9 Å². The average molecular weight is 406 g/mol. The highest BCUT2D eigenvalue weighted by Crippen LogP contribution is 2.32. The van der Waals surface area contributed by atoms with Gasteiger partial charge in [0.25, 0.3) is 11.5 Å². The van der Waals surface area contributed by atoms with E-state index in [1.54, 1.807) is 43.3 Å². The van der Waals surface area contributed by atoms with Crippen molar-refractivity contribution in [2.45, 2.75) is 6.92 Å². The Bertz CT molecular complexity index is 1110. The summed E-state index contributed by atoms with van der Waals surface area (Å²) < 4.78 is 5.00. The Kier molecular flexibility index (Phi) is 5.43. The minimum Gasteiger partial charge on any atom is -0.451 e. The lowest BCUT2D eigenvalue weighted by atomic mass is 10.1. The van der Waals surface area contributed by atoms with Crippen LogP contribution < -0.4 is 10.9 Å². The molecule has 1 amide bonds. The lowest BCUT2D eigenvalue weighted by Crippen LogP contribution is -2.23. The molecule has 0 unspecified atom stereocenters. The van der Waals surface area contributed by atoms with Crippen LogP contribution in [0.15, 0.2) is 41.2 Å². The van der Waals surface area contributed by atoms with Crippen molar-refractivity contribution >= 4 is 51.5 Å². The Morgan fingerprint density at radius 2 is 1.85 bits per heavy atom. The van der Waals surface area contributed by atoms with Crippen LogP contribution in [0.5, 0.6) is 0 Å².